The molecule has 3 amide bonds. The minimum absolute atomic E-state index is 0.0908. The molecule has 200 valence electrons. The molecule has 2 aliphatic heterocycles. The number of anilines is 1. The van der Waals surface area contributed by atoms with Crippen LogP contribution in [0.3, 0.4) is 0 Å². The normalized spacial score (nSPS) is 18.1. The van der Waals surface area contributed by atoms with Gasteiger partial charge in [-0.3, -0.25) is 29.2 Å². The van der Waals surface area contributed by atoms with Crippen LogP contribution in [0.1, 0.15) is 63.6 Å². The fourth-order valence-corrected chi connectivity index (χ4v) is 5.12. The summed E-state index contributed by atoms with van der Waals surface area (Å²) in [4.78, 5) is 49.5. The molecular formula is C29H36N6O3. The van der Waals surface area contributed by atoms with Gasteiger partial charge in [-0.15, -0.1) is 0 Å². The fraction of sp³-hybridized carbons (Fsp3) is 0.483. The topological polar surface area (TPSA) is 110 Å². The molecule has 0 spiro atoms. The largest absolute Gasteiger partial charge is 0.345 e. The quantitative estimate of drug-likeness (QED) is 0.567. The molecule has 4 rings (SSSR count). The van der Waals surface area contributed by atoms with Gasteiger partial charge in [-0.25, -0.2) is 0 Å². The van der Waals surface area contributed by atoms with Gasteiger partial charge in [0.25, 0.3) is 5.91 Å². The van der Waals surface area contributed by atoms with Crippen molar-refractivity contribution in [2.24, 2.45) is 0 Å². The van der Waals surface area contributed by atoms with Crippen LogP contribution in [0.15, 0.2) is 48.8 Å². The number of carbonyl (C=O) groups is 3. The van der Waals surface area contributed by atoms with Crippen molar-refractivity contribution < 1.29 is 14.4 Å². The number of pyridine rings is 1. The summed E-state index contributed by atoms with van der Waals surface area (Å²) in [5.74, 6) is -0.942. The Balaban J connectivity index is 1.72. The van der Waals surface area contributed by atoms with Crippen LogP contribution in [0.5, 0.6) is 0 Å². The highest BCUT2D eigenvalue weighted by Gasteiger charge is 2.40. The molecule has 3 heterocycles. The number of benzene rings is 1. The van der Waals surface area contributed by atoms with Crippen LogP contribution < -0.4 is 10.2 Å². The van der Waals surface area contributed by atoms with E-state index < -0.39 is 18.0 Å². The summed E-state index contributed by atoms with van der Waals surface area (Å²) < 4.78 is 0. The van der Waals surface area contributed by atoms with Crippen molar-refractivity contribution >= 4 is 23.4 Å². The van der Waals surface area contributed by atoms with Gasteiger partial charge in [0.1, 0.15) is 12.1 Å². The Morgan fingerprint density at radius 2 is 1.82 bits per heavy atom. The minimum Gasteiger partial charge on any atom is -0.345 e. The Labute approximate surface area is 224 Å². The van der Waals surface area contributed by atoms with E-state index in [1.165, 1.54) is 9.80 Å². The molecule has 38 heavy (non-hydrogen) atoms. The van der Waals surface area contributed by atoms with Crippen molar-refractivity contribution in [3.63, 3.8) is 0 Å². The first kappa shape index (κ1) is 27.1. The summed E-state index contributed by atoms with van der Waals surface area (Å²) >= 11 is 0. The van der Waals surface area contributed by atoms with Crippen molar-refractivity contribution in [1.82, 2.24) is 20.1 Å². The van der Waals surface area contributed by atoms with Gasteiger partial charge in [0, 0.05) is 43.3 Å². The minimum atomic E-state index is -1.07. The third-order valence-corrected chi connectivity index (χ3v) is 7.29. The number of hydrogen-bond donors (Lipinski definition) is 1. The molecule has 1 aromatic heterocycles. The summed E-state index contributed by atoms with van der Waals surface area (Å²) in [6.07, 6.45) is 8.46. The summed E-state index contributed by atoms with van der Waals surface area (Å²) in [5, 5.41) is 12.4. The highest BCUT2D eigenvalue weighted by Crippen LogP contribution is 2.33. The first-order valence-corrected chi connectivity index (χ1v) is 13.3. The number of aromatic nitrogens is 1. The molecule has 0 saturated carbocycles. The number of rotatable bonds is 7. The maximum absolute atomic E-state index is 14.1. The second-order valence-electron chi connectivity index (χ2n) is 11.0. The fourth-order valence-electron chi connectivity index (χ4n) is 5.12. The number of nitrogens with one attached hydrogen (secondary N) is 1. The van der Waals surface area contributed by atoms with Crippen molar-refractivity contribution in [2.75, 3.05) is 31.1 Å². The maximum atomic E-state index is 14.1. The number of carbonyl (C=O) groups excluding carboxylic acids is 3. The second-order valence-corrected chi connectivity index (χ2v) is 11.0. The lowest BCUT2D eigenvalue weighted by molar-refractivity contribution is -0.133. The third kappa shape index (κ3) is 5.96. The number of hydrogen-bond acceptors (Lipinski definition) is 6. The lowest BCUT2D eigenvalue weighted by Crippen LogP contribution is -2.51. The van der Waals surface area contributed by atoms with Crippen molar-refractivity contribution in [3.05, 3.63) is 59.9 Å². The SMILES string of the molecule is CC(C)(C)c1ccc(N(C(=O)[C@H]2CCCN2C#N)C(C(=O)NCC(=O)N2CCCC2)c2cccnc2)cc1. The van der Waals surface area contributed by atoms with Crippen LogP contribution in [-0.2, 0) is 19.8 Å². The van der Waals surface area contributed by atoms with Crippen LogP contribution in [-0.4, -0.2) is 64.7 Å². The number of likely N-dealkylation sites (tertiary alicyclic amines) is 2. The van der Waals surface area contributed by atoms with E-state index >= 15 is 0 Å². The van der Waals surface area contributed by atoms with Gasteiger partial charge in [0.15, 0.2) is 6.19 Å². The number of nitrogens with zero attached hydrogens (tertiary/aromatic N) is 5. The molecule has 0 bridgehead atoms. The van der Waals surface area contributed by atoms with Crippen LogP contribution >= 0.6 is 0 Å². The lowest BCUT2D eigenvalue weighted by Gasteiger charge is -2.34. The zero-order valence-electron chi connectivity index (χ0n) is 22.4. The number of amides is 3. The van der Waals surface area contributed by atoms with E-state index in [0.29, 0.717) is 37.3 Å². The number of nitriles is 1. The smallest absolute Gasteiger partial charge is 0.251 e. The van der Waals surface area contributed by atoms with Crippen LogP contribution in [0.25, 0.3) is 0 Å². The Kier molecular flexibility index (Phi) is 8.30. The van der Waals surface area contributed by atoms with Gasteiger partial charge in [-0.05, 0) is 54.9 Å². The lowest BCUT2D eigenvalue weighted by atomic mass is 9.87. The average Bonchev–Trinajstić information content (AvgIpc) is 3.62. The Morgan fingerprint density at radius 1 is 1.11 bits per heavy atom. The molecular weight excluding hydrogens is 480 g/mol. The van der Waals surface area contributed by atoms with Crippen molar-refractivity contribution in [3.8, 4) is 6.19 Å². The van der Waals surface area contributed by atoms with Crippen LogP contribution in [0, 0.1) is 11.5 Å². The third-order valence-electron chi connectivity index (χ3n) is 7.29. The van der Waals surface area contributed by atoms with Gasteiger partial charge in [0.05, 0.1) is 6.54 Å². The summed E-state index contributed by atoms with van der Waals surface area (Å²) in [6, 6.07) is 9.34. The van der Waals surface area contributed by atoms with Crippen molar-refractivity contribution in [2.45, 2.75) is 64.0 Å². The maximum Gasteiger partial charge on any atom is 0.251 e. The van der Waals surface area contributed by atoms with Gasteiger partial charge < -0.3 is 10.2 Å². The molecule has 0 radical (unpaired) electrons. The predicted octanol–water partition coefficient (Wildman–Crippen LogP) is 3.14. The van der Waals surface area contributed by atoms with E-state index in [2.05, 4.69) is 37.3 Å². The summed E-state index contributed by atoms with van der Waals surface area (Å²) in [6.45, 7) is 8.06. The van der Waals surface area contributed by atoms with E-state index in [1.54, 1.807) is 29.4 Å². The predicted molar refractivity (Wildman–Crippen MR) is 144 cm³/mol. The molecule has 1 unspecified atom stereocenters. The van der Waals surface area contributed by atoms with E-state index in [9.17, 15) is 19.6 Å². The zero-order valence-corrected chi connectivity index (χ0v) is 22.4. The van der Waals surface area contributed by atoms with Crippen LogP contribution in [0.4, 0.5) is 5.69 Å². The Bertz CT molecular complexity index is 1180. The highest BCUT2D eigenvalue weighted by molar-refractivity contribution is 6.04. The molecule has 2 aliphatic rings. The summed E-state index contributed by atoms with van der Waals surface area (Å²) in [5.41, 5.74) is 2.06. The van der Waals surface area contributed by atoms with Crippen molar-refractivity contribution in [1.29, 1.82) is 5.26 Å². The molecule has 1 aromatic carbocycles. The zero-order chi connectivity index (χ0) is 27.3. The van der Waals surface area contributed by atoms with E-state index in [0.717, 1.165) is 24.8 Å². The standard InChI is InChI=1S/C29H36N6O3/c1-29(2,3)22-10-12-23(13-11-22)35(28(38)24-9-7-17-34(24)20-30)26(21-8-6-14-31-18-21)27(37)32-19-25(36)33-15-4-5-16-33/h6,8,10-14,18,24,26H,4-5,7,9,15-17,19H2,1-3H3,(H,32,37)/t24-,26?/m1/s1. The Hall–Kier alpha value is -3.93. The van der Waals surface area contributed by atoms with E-state index in [1.807, 2.05) is 24.3 Å². The highest BCUT2D eigenvalue weighted by atomic mass is 16.2. The first-order chi connectivity index (χ1) is 18.2. The van der Waals surface area contributed by atoms with Gasteiger partial charge >= 0.3 is 0 Å². The molecule has 9 heteroatoms. The molecule has 9 nitrogen and oxygen atoms in total. The molecule has 2 fully saturated rings. The molecule has 2 saturated heterocycles. The van der Waals surface area contributed by atoms with Gasteiger partial charge in [-0.2, -0.15) is 5.26 Å². The first-order valence-electron chi connectivity index (χ1n) is 13.3. The second kappa shape index (κ2) is 11.6. The molecule has 2 aromatic rings. The van der Waals surface area contributed by atoms with Gasteiger partial charge in [-0.1, -0.05) is 39.0 Å². The van der Waals surface area contributed by atoms with E-state index in [-0.39, 0.29) is 23.8 Å². The molecule has 2 atom stereocenters. The van der Waals surface area contributed by atoms with Gasteiger partial charge in [0.2, 0.25) is 11.8 Å². The van der Waals surface area contributed by atoms with Crippen LogP contribution in [0.2, 0.25) is 0 Å². The van der Waals surface area contributed by atoms with E-state index in [4.69, 9.17) is 0 Å². The monoisotopic (exact) mass is 516 g/mol. The molecule has 1 N–H and O–H groups in total. The summed E-state index contributed by atoms with van der Waals surface area (Å²) in [7, 11) is 0. The average molecular weight is 517 g/mol. The Morgan fingerprint density at radius 3 is 2.42 bits per heavy atom. The molecule has 0 aliphatic carbocycles.